The van der Waals surface area contributed by atoms with Gasteiger partial charge in [-0.2, -0.15) is 4.31 Å². The summed E-state index contributed by atoms with van der Waals surface area (Å²) in [4.78, 5) is 12.7. The number of anilines is 1. The lowest BCUT2D eigenvalue weighted by molar-refractivity contribution is -0.115. The molecule has 0 atom stereocenters. The van der Waals surface area contributed by atoms with Gasteiger partial charge in [0.1, 0.15) is 6.33 Å². The summed E-state index contributed by atoms with van der Waals surface area (Å²) in [6.07, 6.45) is 5.52. The van der Waals surface area contributed by atoms with Gasteiger partial charge >= 0.3 is 0 Å². The van der Waals surface area contributed by atoms with Crippen molar-refractivity contribution in [2.24, 2.45) is 0 Å². The molecule has 0 saturated carbocycles. The fourth-order valence-corrected chi connectivity index (χ4v) is 5.17. The Bertz CT molecular complexity index is 1120. The maximum absolute atomic E-state index is 13.0. The Morgan fingerprint density at radius 2 is 1.74 bits per heavy atom. The summed E-state index contributed by atoms with van der Waals surface area (Å²) in [7, 11) is -3.57. The Kier molecular flexibility index (Phi) is 6.38. The van der Waals surface area contributed by atoms with E-state index in [0.717, 1.165) is 36.9 Å². The molecule has 0 bridgehead atoms. The van der Waals surface area contributed by atoms with Gasteiger partial charge in [-0.1, -0.05) is 31.0 Å². The smallest absolute Gasteiger partial charge is 0.243 e. The number of benzene rings is 2. The van der Waals surface area contributed by atoms with Crippen LogP contribution in [0.4, 0.5) is 5.69 Å². The number of sulfonamides is 1. The van der Waals surface area contributed by atoms with Crippen LogP contribution in [-0.4, -0.2) is 51.9 Å². The third-order valence-electron chi connectivity index (χ3n) is 5.24. The molecule has 162 valence electrons. The molecule has 1 aliphatic heterocycles. The van der Waals surface area contributed by atoms with Crippen molar-refractivity contribution in [1.29, 1.82) is 0 Å². The summed E-state index contributed by atoms with van der Waals surface area (Å²) < 4.78 is 29.1. The Morgan fingerprint density at radius 1 is 1.00 bits per heavy atom. The van der Waals surface area contributed by atoms with Gasteiger partial charge in [-0.15, -0.1) is 5.10 Å². The van der Waals surface area contributed by atoms with Crippen molar-refractivity contribution in [1.82, 2.24) is 24.5 Å². The minimum atomic E-state index is -3.57. The molecule has 1 amide bonds. The van der Waals surface area contributed by atoms with E-state index in [-0.39, 0.29) is 17.2 Å². The number of carbonyl (C=O) groups excluding carboxylic acids is 1. The first-order valence-electron chi connectivity index (χ1n) is 10.2. The first-order valence-corrected chi connectivity index (χ1v) is 11.7. The lowest BCUT2D eigenvalue weighted by Gasteiger charge is -2.20. The fraction of sp³-hybridized carbons (Fsp3) is 0.333. The van der Waals surface area contributed by atoms with Crippen molar-refractivity contribution in [3.8, 4) is 5.69 Å². The fourth-order valence-electron chi connectivity index (χ4n) is 3.60. The van der Waals surface area contributed by atoms with Crippen LogP contribution in [0.15, 0.2) is 59.8 Å². The van der Waals surface area contributed by atoms with Gasteiger partial charge in [-0.3, -0.25) is 4.79 Å². The van der Waals surface area contributed by atoms with E-state index in [1.54, 1.807) is 22.5 Å². The molecule has 0 aliphatic carbocycles. The van der Waals surface area contributed by atoms with Gasteiger partial charge in [0.15, 0.2) is 0 Å². The van der Waals surface area contributed by atoms with Gasteiger partial charge in [-0.05, 0) is 59.2 Å². The monoisotopic (exact) mass is 440 g/mol. The molecule has 0 radical (unpaired) electrons. The van der Waals surface area contributed by atoms with Gasteiger partial charge in [0, 0.05) is 18.8 Å². The molecule has 2 heterocycles. The topological polar surface area (TPSA) is 110 Å². The molecule has 4 rings (SSSR count). The van der Waals surface area contributed by atoms with Crippen LogP contribution in [0, 0.1) is 0 Å². The second kappa shape index (κ2) is 9.36. The summed E-state index contributed by atoms with van der Waals surface area (Å²) in [5.74, 6) is -0.223. The number of hydrogen-bond acceptors (Lipinski definition) is 6. The molecule has 1 aromatic heterocycles. The minimum Gasteiger partial charge on any atom is -0.326 e. The van der Waals surface area contributed by atoms with Crippen LogP contribution in [0.3, 0.4) is 0 Å². The third kappa shape index (κ3) is 5.15. The average Bonchev–Trinajstić information content (AvgIpc) is 3.16. The Balaban J connectivity index is 1.42. The summed E-state index contributed by atoms with van der Waals surface area (Å²) >= 11 is 0. The van der Waals surface area contributed by atoms with E-state index in [1.165, 1.54) is 17.1 Å². The quantitative estimate of drug-likeness (QED) is 0.630. The van der Waals surface area contributed by atoms with Crippen molar-refractivity contribution in [2.75, 3.05) is 18.4 Å². The summed E-state index contributed by atoms with van der Waals surface area (Å²) in [6, 6.07) is 13.8. The van der Waals surface area contributed by atoms with E-state index < -0.39 is 10.0 Å². The number of rotatable bonds is 6. The molecule has 9 nitrogen and oxygen atoms in total. The van der Waals surface area contributed by atoms with Crippen molar-refractivity contribution in [2.45, 2.75) is 37.0 Å². The number of nitrogens with zero attached hydrogens (tertiary/aromatic N) is 5. The highest BCUT2D eigenvalue weighted by Crippen LogP contribution is 2.23. The van der Waals surface area contributed by atoms with Crippen LogP contribution < -0.4 is 5.32 Å². The highest BCUT2D eigenvalue weighted by molar-refractivity contribution is 7.89. The number of tetrazole rings is 1. The van der Waals surface area contributed by atoms with Gasteiger partial charge in [0.05, 0.1) is 17.0 Å². The second-order valence-corrected chi connectivity index (χ2v) is 9.43. The molecule has 10 heteroatoms. The Morgan fingerprint density at radius 3 is 2.42 bits per heavy atom. The molecular weight excluding hydrogens is 416 g/mol. The zero-order valence-corrected chi connectivity index (χ0v) is 17.8. The largest absolute Gasteiger partial charge is 0.326 e. The molecule has 0 spiro atoms. The van der Waals surface area contributed by atoms with E-state index in [0.29, 0.717) is 18.8 Å². The van der Waals surface area contributed by atoms with Gasteiger partial charge in [0.2, 0.25) is 15.9 Å². The maximum Gasteiger partial charge on any atom is 0.243 e. The number of hydrogen-bond donors (Lipinski definition) is 1. The van der Waals surface area contributed by atoms with Crippen molar-refractivity contribution >= 4 is 21.6 Å². The number of amides is 1. The molecule has 3 aromatic rings. The van der Waals surface area contributed by atoms with E-state index in [4.69, 9.17) is 0 Å². The lowest BCUT2D eigenvalue weighted by Crippen LogP contribution is -2.32. The highest BCUT2D eigenvalue weighted by Gasteiger charge is 2.25. The first-order chi connectivity index (χ1) is 15.0. The average molecular weight is 441 g/mol. The molecule has 1 fully saturated rings. The van der Waals surface area contributed by atoms with Crippen LogP contribution in [0.25, 0.3) is 5.69 Å². The Labute approximate surface area is 181 Å². The maximum atomic E-state index is 13.0. The molecular formula is C21H24N6O3S. The third-order valence-corrected chi connectivity index (χ3v) is 7.13. The summed E-state index contributed by atoms with van der Waals surface area (Å²) in [5.41, 5.74) is 2.08. The molecule has 1 aliphatic rings. The highest BCUT2D eigenvalue weighted by atomic mass is 32.2. The molecule has 0 unspecified atom stereocenters. The molecule has 1 N–H and O–H groups in total. The zero-order valence-electron chi connectivity index (χ0n) is 17.0. The normalized spacial score (nSPS) is 15.4. The van der Waals surface area contributed by atoms with E-state index in [1.807, 2.05) is 24.3 Å². The molecule has 2 aromatic carbocycles. The van der Waals surface area contributed by atoms with E-state index in [9.17, 15) is 13.2 Å². The second-order valence-electron chi connectivity index (χ2n) is 7.49. The number of nitrogens with one attached hydrogen (secondary N) is 1. The SMILES string of the molecule is O=C(Cc1ccc(-n2cnnn2)cc1)Nc1cccc(S(=O)(=O)N2CCCCCC2)c1. The van der Waals surface area contributed by atoms with Crippen LogP contribution in [0.1, 0.15) is 31.2 Å². The van der Waals surface area contributed by atoms with Crippen molar-refractivity contribution in [3.05, 3.63) is 60.4 Å². The Hall–Kier alpha value is -3.11. The van der Waals surface area contributed by atoms with Crippen LogP contribution in [-0.2, 0) is 21.2 Å². The van der Waals surface area contributed by atoms with Gasteiger partial charge < -0.3 is 5.32 Å². The summed E-state index contributed by atoms with van der Waals surface area (Å²) in [6.45, 7) is 1.08. The minimum absolute atomic E-state index is 0.166. The van der Waals surface area contributed by atoms with Gasteiger partial charge in [-0.25, -0.2) is 13.1 Å². The lowest BCUT2D eigenvalue weighted by atomic mass is 10.1. The standard InChI is InChI=1S/C21H24N6O3S/c28-21(14-17-8-10-19(11-9-17)27-16-22-24-25-27)23-18-6-5-7-20(15-18)31(29,30)26-12-3-1-2-4-13-26/h5-11,15-16H,1-4,12-14H2,(H,23,28). The van der Waals surface area contributed by atoms with Crippen LogP contribution >= 0.6 is 0 Å². The predicted molar refractivity (Wildman–Crippen MR) is 115 cm³/mol. The predicted octanol–water partition coefficient (Wildman–Crippen LogP) is 2.41. The number of aromatic nitrogens is 4. The molecule has 31 heavy (non-hydrogen) atoms. The van der Waals surface area contributed by atoms with Crippen molar-refractivity contribution < 1.29 is 13.2 Å². The molecule has 1 saturated heterocycles. The number of carbonyl (C=O) groups is 1. The van der Waals surface area contributed by atoms with Crippen molar-refractivity contribution in [3.63, 3.8) is 0 Å². The van der Waals surface area contributed by atoms with Crippen LogP contribution in [0.5, 0.6) is 0 Å². The zero-order chi connectivity index (χ0) is 21.7. The van der Waals surface area contributed by atoms with E-state index >= 15 is 0 Å². The van der Waals surface area contributed by atoms with Crippen LogP contribution in [0.2, 0.25) is 0 Å². The van der Waals surface area contributed by atoms with Gasteiger partial charge in [0.25, 0.3) is 0 Å². The first kappa shape index (κ1) is 21.1. The van der Waals surface area contributed by atoms with E-state index in [2.05, 4.69) is 20.8 Å². The summed E-state index contributed by atoms with van der Waals surface area (Å²) in [5, 5.41) is 13.8.